The second-order valence-corrected chi connectivity index (χ2v) is 12.9. The Bertz CT molecular complexity index is 1380. The molecule has 0 spiro atoms. The first kappa shape index (κ1) is 27.4. The molecule has 2 bridgehead atoms. The van der Waals surface area contributed by atoms with Crippen LogP contribution in [-0.4, -0.2) is 23.9 Å². The molecule has 0 radical (unpaired) electrons. The zero-order chi connectivity index (χ0) is 27.2. The summed E-state index contributed by atoms with van der Waals surface area (Å²) in [7, 11) is 1.58. The van der Waals surface area contributed by atoms with Crippen molar-refractivity contribution in [1.29, 1.82) is 0 Å². The fourth-order valence-corrected chi connectivity index (χ4v) is 7.33. The Balaban J connectivity index is 1.33. The Morgan fingerprint density at radius 3 is 2.50 bits per heavy atom. The van der Waals surface area contributed by atoms with Crippen molar-refractivity contribution < 1.29 is 14.3 Å². The number of nitrogens with zero attached hydrogens (tertiary/aromatic N) is 2. The maximum absolute atomic E-state index is 12.7. The van der Waals surface area contributed by atoms with Gasteiger partial charge in [-0.2, -0.15) is 5.10 Å². The highest BCUT2D eigenvalue weighted by atomic mass is 35.5. The zero-order valence-corrected chi connectivity index (χ0v) is 24.6. The molecule has 1 saturated heterocycles. The van der Waals surface area contributed by atoms with Crippen molar-refractivity contribution in [3.63, 3.8) is 0 Å². The summed E-state index contributed by atoms with van der Waals surface area (Å²) in [6.07, 6.45) is 5.17. The van der Waals surface area contributed by atoms with Crippen molar-refractivity contribution in [2.75, 3.05) is 7.11 Å². The fraction of sp³-hybridized carbons (Fsp3) is 0.393. The Hall–Kier alpha value is -2.19. The van der Waals surface area contributed by atoms with Crippen molar-refractivity contribution in [3.8, 4) is 11.5 Å². The second-order valence-electron chi connectivity index (χ2n) is 10.6. The summed E-state index contributed by atoms with van der Waals surface area (Å²) in [5.41, 5.74) is 3.00. The number of methoxy groups -OCH3 is 1. The van der Waals surface area contributed by atoms with Gasteiger partial charge < -0.3 is 9.47 Å². The number of benzene rings is 2. The topological polar surface area (TPSA) is 72.3 Å². The van der Waals surface area contributed by atoms with E-state index in [1.54, 1.807) is 19.2 Å². The molecule has 6 nitrogen and oxygen atoms in total. The normalized spacial score (nSPS) is 27.0. The van der Waals surface area contributed by atoms with E-state index >= 15 is 0 Å². The first-order valence-electron chi connectivity index (χ1n) is 12.3. The van der Waals surface area contributed by atoms with Crippen LogP contribution in [0.25, 0.3) is 6.08 Å². The van der Waals surface area contributed by atoms with Crippen molar-refractivity contribution >= 4 is 69.4 Å². The predicted octanol–water partition coefficient (Wildman–Crippen LogP) is 8.00. The van der Waals surface area contributed by atoms with E-state index in [4.69, 9.17) is 44.3 Å². The number of carbonyl (C=O) groups excluding carboxylic acids is 1. The number of fused-ring (bicyclic) bond motifs is 2. The van der Waals surface area contributed by atoms with Crippen LogP contribution in [0.5, 0.6) is 11.5 Å². The second kappa shape index (κ2) is 10.4. The van der Waals surface area contributed by atoms with Crippen molar-refractivity contribution in [3.05, 3.63) is 61.4 Å². The van der Waals surface area contributed by atoms with Gasteiger partial charge in [0.25, 0.3) is 5.91 Å². The van der Waals surface area contributed by atoms with Crippen LogP contribution in [0.2, 0.25) is 15.1 Å². The van der Waals surface area contributed by atoms with Crippen LogP contribution in [0.1, 0.15) is 51.2 Å². The van der Waals surface area contributed by atoms with Crippen LogP contribution in [0.4, 0.5) is 0 Å². The maximum Gasteiger partial charge on any atom is 0.264 e. The monoisotopic (exact) mass is 591 g/mol. The third-order valence-electron chi connectivity index (χ3n) is 8.36. The minimum absolute atomic E-state index is 0.0652. The smallest absolute Gasteiger partial charge is 0.264 e. The third-order valence-corrected chi connectivity index (χ3v) is 10.0. The number of ether oxygens (including phenoxy) is 2. The van der Waals surface area contributed by atoms with E-state index in [2.05, 4.69) is 36.3 Å². The molecule has 1 heterocycles. The molecule has 3 aliphatic rings. The molecule has 38 heavy (non-hydrogen) atoms. The molecular formula is C28H28Cl3N3O3S. The lowest BCUT2D eigenvalue weighted by atomic mass is 9.70. The van der Waals surface area contributed by atoms with E-state index < -0.39 is 0 Å². The summed E-state index contributed by atoms with van der Waals surface area (Å²) in [6, 6.07) is 8.73. The van der Waals surface area contributed by atoms with E-state index in [0.29, 0.717) is 42.6 Å². The van der Waals surface area contributed by atoms with E-state index in [1.165, 1.54) is 18.2 Å². The van der Waals surface area contributed by atoms with Gasteiger partial charge in [0, 0.05) is 21.7 Å². The van der Waals surface area contributed by atoms with Crippen LogP contribution in [0.15, 0.2) is 45.4 Å². The number of rotatable bonds is 6. The van der Waals surface area contributed by atoms with Gasteiger partial charge in [-0.3, -0.25) is 10.1 Å². The number of halogens is 3. The summed E-state index contributed by atoms with van der Waals surface area (Å²) in [6.45, 7) is 7.12. The zero-order valence-electron chi connectivity index (χ0n) is 21.5. The molecule has 1 amide bonds. The number of hydrogen-bond donors (Lipinski definition) is 1. The highest BCUT2D eigenvalue weighted by Gasteiger charge is 2.60. The van der Waals surface area contributed by atoms with Gasteiger partial charge in [-0.15, -0.1) is 5.10 Å². The number of nitrogens with one attached hydrogen (secondary N) is 1. The SMILES string of the molecule is COc1ccc(/C=C2\SC(=N/N=C3/C[C@H]4CC[C@]3(C)C4(C)C)NC2=O)cc1COc1c(Cl)cc(Cl)cc1Cl. The van der Waals surface area contributed by atoms with Gasteiger partial charge in [0.05, 0.1) is 22.1 Å². The van der Waals surface area contributed by atoms with E-state index in [-0.39, 0.29) is 23.3 Å². The molecular weight excluding hydrogens is 565 g/mol. The maximum atomic E-state index is 12.7. The van der Waals surface area contributed by atoms with Gasteiger partial charge >= 0.3 is 0 Å². The molecule has 0 aromatic heterocycles. The summed E-state index contributed by atoms with van der Waals surface area (Å²) < 4.78 is 11.4. The minimum atomic E-state index is -0.207. The number of amidine groups is 1. The molecule has 5 rings (SSSR count). The predicted molar refractivity (Wildman–Crippen MR) is 157 cm³/mol. The van der Waals surface area contributed by atoms with Gasteiger partial charge in [0.2, 0.25) is 0 Å². The van der Waals surface area contributed by atoms with Crippen LogP contribution in [0.3, 0.4) is 0 Å². The highest BCUT2D eigenvalue weighted by Crippen LogP contribution is 2.64. The molecule has 2 aromatic carbocycles. The molecule has 1 aliphatic heterocycles. The molecule has 2 atom stereocenters. The summed E-state index contributed by atoms with van der Waals surface area (Å²) in [5.74, 6) is 1.41. The Labute approximate surface area is 241 Å². The van der Waals surface area contributed by atoms with Crippen molar-refractivity contribution in [2.45, 2.75) is 46.6 Å². The molecule has 2 saturated carbocycles. The molecule has 10 heteroatoms. The molecule has 2 aliphatic carbocycles. The quantitative estimate of drug-likeness (QED) is 0.272. The molecule has 2 aromatic rings. The van der Waals surface area contributed by atoms with Gasteiger partial charge in [-0.25, -0.2) is 0 Å². The van der Waals surface area contributed by atoms with Crippen LogP contribution in [-0.2, 0) is 11.4 Å². The first-order chi connectivity index (χ1) is 18.0. The standard InChI is InChI=1S/C28H28Cl3N3O3S/c1-27(2)17-7-8-28(27,3)23(11-17)33-34-26-32-25(35)22(38-26)10-15-5-6-21(36-4)16(9-15)14-37-24-19(30)12-18(29)13-20(24)31/h5-6,9-10,12-13,17H,7-8,11,14H2,1-4H3,(H,32,34,35)/b22-10-,33-23-/t17-,28+/m1/s1. The molecule has 0 unspecified atom stereocenters. The average Bonchev–Trinajstić information content (AvgIpc) is 3.38. The lowest BCUT2D eigenvalue weighted by Gasteiger charge is -2.34. The summed E-state index contributed by atoms with van der Waals surface area (Å²) in [5, 5.41) is 13.4. The lowest BCUT2D eigenvalue weighted by Crippen LogP contribution is -2.32. The Morgan fingerprint density at radius 2 is 1.87 bits per heavy atom. The third kappa shape index (κ3) is 4.94. The minimum Gasteiger partial charge on any atom is -0.496 e. The van der Waals surface area contributed by atoms with Gasteiger partial charge in [-0.1, -0.05) is 61.6 Å². The molecule has 1 N–H and O–H groups in total. The van der Waals surface area contributed by atoms with Crippen molar-refractivity contribution in [2.24, 2.45) is 27.0 Å². The summed E-state index contributed by atoms with van der Waals surface area (Å²) in [4.78, 5) is 13.2. The van der Waals surface area contributed by atoms with E-state index in [0.717, 1.165) is 29.7 Å². The molecule has 200 valence electrons. The van der Waals surface area contributed by atoms with Crippen LogP contribution >= 0.6 is 46.6 Å². The number of carbonyl (C=O) groups is 1. The Kier molecular flexibility index (Phi) is 7.50. The molecule has 3 fully saturated rings. The highest BCUT2D eigenvalue weighted by molar-refractivity contribution is 8.18. The first-order valence-corrected chi connectivity index (χ1v) is 14.3. The van der Waals surface area contributed by atoms with Gasteiger partial charge in [0.1, 0.15) is 12.4 Å². The van der Waals surface area contributed by atoms with Gasteiger partial charge in [-0.05, 0) is 78.3 Å². The lowest BCUT2D eigenvalue weighted by molar-refractivity contribution is -0.115. The number of amides is 1. The van der Waals surface area contributed by atoms with Crippen molar-refractivity contribution in [1.82, 2.24) is 5.32 Å². The van der Waals surface area contributed by atoms with E-state index in [1.807, 2.05) is 24.3 Å². The largest absolute Gasteiger partial charge is 0.496 e. The van der Waals surface area contributed by atoms with E-state index in [9.17, 15) is 4.79 Å². The summed E-state index contributed by atoms with van der Waals surface area (Å²) >= 11 is 19.8. The average molecular weight is 593 g/mol. The fourth-order valence-electron chi connectivity index (χ4n) is 5.63. The number of thioether (sulfide) groups is 1. The van der Waals surface area contributed by atoms with Gasteiger partial charge in [0.15, 0.2) is 10.9 Å². The van der Waals surface area contributed by atoms with Crippen LogP contribution in [0, 0.1) is 16.7 Å². The Morgan fingerprint density at radius 1 is 1.13 bits per heavy atom. The van der Waals surface area contributed by atoms with Crippen LogP contribution < -0.4 is 14.8 Å². The number of hydrogen-bond acceptors (Lipinski definition) is 6.